The van der Waals surface area contributed by atoms with Gasteiger partial charge in [0.25, 0.3) is 0 Å². The van der Waals surface area contributed by atoms with E-state index < -0.39 is 0 Å². The fourth-order valence-electron chi connectivity index (χ4n) is 2.66. The van der Waals surface area contributed by atoms with E-state index in [-0.39, 0.29) is 0 Å². The zero-order valence-electron chi connectivity index (χ0n) is 12.4. The quantitative estimate of drug-likeness (QED) is 0.762. The van der Waals surface area contributed by atoms with E-state index in [1.54, 1.807) is 0 Å². The van der Waals surface area contributed by atoms with Crippen molar-refractivity contribution in [1.29, 1.82) is 0 Å². The number of rotatable bonds is 4. The number of hydrogen-bond acceptors (Lipinski definition) is 5. The Bertz CT molecular complexity index is 342. The van der Waals surface area contributed by atoms with Gasteiger partial charge in [0.05, 0.1) is 0 Å². The first-order valence-electron chi connectivity index (χ1n) is 7.05. The number of nitrogens with zero attached hydrogens (tertiary/aromatic N) is 4. The molecule has 5 nitrogen and oxygen atoms in total. The fourth-order valence-corrected chi connectivity index (χ4v) is 2.66. The minimum absolute atomic E-state index is 0.364. The molecule has 0 spiro atoms. The Morgan fingerprint density at radius 2 is 1.95 bits per heavy atom. The van der Waals surface area contributed by atoms with E-state index in [1.165, 1.54) is 6.54 Å². The third-order valence-corrected chi connectivity index (χ3v) is 3.88. The third-order valence-electron chi connectivity index (χ3n) is 3.88. The molecule has 1 atom stereocenters. The minimum Gasteiger partial charge on any atom is -0.398 e. The zero-order chi connectivity index (χ0) is 13.8. The van der Waals surface area contributed by atoms with Crippen LogP contribution >= 0.6 is 0 Å². The maximum atomic E-state index is 5.81. The largest absolute Gasteiger partial charge is 0.398 e. The van der Waals surface area contributed by atoms with Gasteiger partial charge in [0.15, 0.2) is 0 Å². The van der Waals surface area contributed by atoms with Crippen molar-refractivity contribution in [1.82, 2.24) is 19.6 Å². The molecule has 1 saturated heterocycles. The summed E-state index contributed by atoms with van der Waals surface area (Å²) in [5, 5.41) is 0. The Labute approximate surface area is 116 Å². The first kappa shape index (κ1) is 14.4. The standard InChI is InChI=1S/C14H27N5/c1-16(2)6-7-18-8-10-19(11-9-18)14-5-4-13(15)12-17(14)3/h4-5,12,14H,6-11,15H2,1-3H3. The Hall–Kier alpha value is -1.04. The van der Waals surface area contributed by atoms with Gasteiger partial charge < -0.3 is 15.5 Å². The maximum Gasteiger partial charge on any atom is 0.101 e. The smallest absolute Gasteiger partial charge is 0.101 e. The van der Waals surface area contributed by atoms with Gasteiger partial charge in [-0.2, -0.15) is 0 Å². The van der Waals surface area contributed by atoms with Gasteiger partial charge >= 0.3 is 0 Å². The van der Waals surface area contributed by atoms with E-state index >= 15 is 0 Å². The molecule has 2 aliphatic rings. The summed E-state index contributed by atoms with van der Waals surface area (Å²) in [5.41, 5.74) is 6.64. The zero-order valence-corrected chi connectivity index (χ0v) is 12.4. The van der Waals surface area contributed by atoms with E-state index in [9.17, 15) is 0 Å². The highest BCUT2D eigenvalue weighted by Gasteiger charge is 2.25. The Kier molecular flexibility index (Phi) is 4.85. The van der Waals surface area contributed by atoms with Gasteiger partial charge in [-0.15, -0.1) is 0 Å². The second kappa shape index (κ2) is 6.41. The number of likely N-dealkylation sites (N-methyl/N-ethyl adjacent to an activating group) is 2. The lowest BCUT2D eigenvalue weighted by Crippen LogP contribution is -2.54. The summed E-state index contributed by atoms with van der Waals surface area (Å²) in [7, 11) is 6.36. The van der Waals surface area contributed by atoms with Gasteiger partial charge in [-0.1, -0.05) is 0 Å². The van der Waals surface area contributed by atoms with Crippen molar-refractivity contribution >= 4 is 0 Å². The van der Waals surface area contributed by atoms with Crippen LogP contribution in [0.4, 0.5) is 0 Å². The SMILES string of the molecule is CN(C)CCN1CCN(C2C=CC(N)=CN2C)CC1. The van der Waals surface area contributed by atoms with E-state index in [4.69, 9.17) is 5.73 Å². The molecule has 0 saturated carbocycles. The van der Waals surface area contributed by atoms with Gasteiger partial charge in [0, 0.05) is 58.2 Å². The van der Waals surface area contributed by atoms with Gasteiger partial charge in [-0.3, -0.25) is 9.80 Å². The summed E-state index contributed by atoms with van der Waals surface area (Å²) in [4.78, 5) is 9.52. The average molecular weight is 265 g/mol. The molecule has 2 rings (SSSR count). The van der Waals surface area contributed by atoms with Crippen molar-refractivity contribution < 1.29 is 0 Å². The van der Waals surface area contributed by atoms with Crippen LogP contribution in [0.5, 0.6) is 0 Å². The molecule has 1 fully saturated rings. The molecule has 2 aliphatic heterocycles. The van der Waals surface area contributed by atoms with Crippen LogP contribution < -0.4 is 5.73 Å². The molecule has 108 valence electrons. The van der Waals surface area contributed by atoms with Gasteiger partial charge in [-0.05, 0) is 26.2 Å². The van der Waals surface area contributed by atoms with E-state index in [0.29, 0.717) is 6.17 Å². The predicted octanol–water partition coefficient (Wildman–Crippen LogP) is -0.207. The van der Waals surface area contributed by atoms with Crippen LogP contribution in [0.2, 0.25) is 0 Å². The van der Waals surface area contributed by atoms with E-state index in [2.05, 4.69) is 46.8 Å². The highest BCUT2D eigenvalue weighted by atomic mass is 15.4. The molecule has 19 heavy (non-hydrogen) atoms. The van der Waals surface area contributed by atoms with Crippen LogP contribution in [0, 0.1) is 0 Å². The van der Waals surface area contributed by atoms with Crippen molar-refractivity contribution in [3.63, 3.8) is 0 Å². The first-order valence-corrected chi connectivity index (χ1v) is 7.05. The molecule has 0 radical (unpaired) electrons. The van der Waals surface area contributed by atoms with Crippen LogP contribution in [0.3, 0.4) is 0 Å². The number of allylic oxidation sites excluding steroid dienone is 1. The fraction of sp³-hybridized carbons (Fsp3) is 0.714. The Morgan fingerprint density at radius 3 is 2.53 bits per heavy atom. The van der Waals surface area contributed by atoms with Crippen LogP contribution in [-0.2, 0) is 0 Å². The molecule has 0 aromatic rings. The highest BCUT2D eigenvalue weighted by molar-refractivity contribution is 5.21. The number of piperazine rings is 1. The predicted molar refractivity (Wildman–Crippen MR) is 79.5 cm³/mol. The monoisotopic (exact) mass is 265 g/mol. The van der Waals surface area contributed by atoms with Crippen molar-refractivity contribution in [2.75, 3.05) is 60.4 Å². The summed E-state index contributed by atoms with van der Waals surface area (Å²) in [5.74, 6) is 0. The topological polar surface area (TPSA) is 39.0 Å². The summed E-state index contributed by atoms with van der Waals surface area (Å²) >= 11 is 0. The lowest BCUT2D eigenvalue weighted by molar-refractivity contribution is 0.0607. The molecule has 2 heterocycles. The summed E-state index contributed by atoms with van der Waals surface area (Å²) < 4.78 is 0. The van der Waals surface area contributed by atoms with Crippen LogP contribution in [0.15, 0.2) is 24.0 Å². The molecule has 5 heteroatoms. The van der Waals surface area contributed by atoms with Crippen molar-refractivity contribution in [3.8, 4) is 0 Å². The molecule has 0 bridgehead atoms. The second-order valence-corrected chi connectivity index (χ2v) is 5.75. The van der Waals surface area contributed by atoms with Crippen molar-refractivity contribution in [2.45, 2.75) is 6.17 Å². The average Bonchev–Trinajstić information content (AvgIpc) is 2.37. The molecule has 2 N–H and O–H groups in total. The van der Waals surface area contributed by atoms with Crippen LogP contribution in [-0.4, -0.2) is 86.2 Å². The Balaban J connectivity index is 1.79. The third kappa shape index (κ3) is 3.96. The first-order chi connectivity index (χ1) is 9.06. The normalized spacial score (nSPS) is 26.0. The molecule has 0 aliphatic carbocycles. The molecule has 1 unspecified atom stereocenters. The molecular weight excluding hydrogens is 238 g/mol. The van der Waals surface area contributed by atoms with E-state index in [0.717, 1.165) is 38.4 Å². The highest BCUT2D eigenvalue weighted by Crippen LogP contribution is 2.15. The van der Waals surface area contributed by atoms with Gasteiger partial charge in [-0.25, -0.2) is 0 Å². The van der Waals surface area contributed by atoms with E-state index in [1.807, 2.05) is 12.3 Å². The lowest BCUT2D eigenvalue weighted by atomic mass is 10.2. The summed E-state index contributed by atoms with van der Waals surface area (Å²) in [6, 6.07) is 0. The summed E-state index contributed by atoms with van der Waals surface area (Å²) in [6.45, 7) is 6.88. The van der Waals surface area contributed by atoms with Crippen molar-refractivity contribution in [2.24, 2.45) is 5.73 Å². The Morgan fingerprint density at radius 1 is 1.26 bits per heavy atom. The molecule has 0 amide bonds. The van der Waals surface area contributed by atoms with Crippen molar-refractivity contribution in [3.05, 3.63) is 24.0 Å². The lowest BCUT2D eigenvalue weighted by Gasteiger charge is -2.42. The van der Waals surface area contributed by atoms with Gasteiger partial charge in [0.2, 0.25) is 0 Å². The molecular formula is C14H27N5. The summed E-state index contributed by atoms with van der Waals surface area (Å²) in [6.07, 6.45) is 6.60. The maximum absolute atomic E-state index is 5.81. The number of nitrogens with two attached hydrogens (primary N) is 1. The minimum atomic E-state index is 0.364. The molecule has 0 aromatic carbocycles. The van der Waals surface area contributed by atoms with Crippen LogP contribution in [0.1, 0.15) is 0 Å². The van der Waals surface area contributed by atoms with Crippen LogP contribution in [0.25, 0.3) is 0 Å². The van der Waals surface area contributed by atoms with Gasteiger partial charge in [0.1, 0.15) is 6.17 Å². The molecule has 0 aromatic heterocycles. The number of hydrogen-bond donors (Lipinski definition) is 1. The second-order valence-electron chi connectivity index (χ2n) is 5.75.